The van der Waals surface area contributed by atoms with Gasteiger partial charge in [0.25, 0.3) is 0 Å². The molecule has 4 rings (SSSR count). The van der Waals surface area contributed by atoms with Crippen LogP contribution in [0.5, 0.6) is 5.75 Å². The molecule has 0 spiro atoms. The second-order valence-electron chi connectivity index (χ2n) is 10.6. The first-order chi connectivity index (χ1) is 17.7. The first-order valence-electron chi connectivity index (χ1n) is 12.9. The SMILES string of the molecule is CC(C)Oc1ccc(-c2nnc(-c3cccc4c3CCCC4N(CCO)COC(C)(C)C)s2)cc1C#N. The highest BCUT2D eigenvalue weighted by Crippen LogP contribution is 2.41. The molecule has 1 aromatic heterocycles. The molecule has 0 saturated carbocycles. The Labute approximate surface area is 223 Å². The second-order valence-corrected chi connectivity index (χ2v) is 11.6. The van der Waals surface area contributed by atoms with E-state index in [2.05, 4.69) is 60.1 Å². The van der Waals surface area contributed by atoms with E-state index >= 15 is 0 Å². The van der Waals surface area contributed by atoms with Crippen molar-refractivity contribution in [1.82, 2.24) is 15.1 Å². The third-order valence-corrected chi connectivity index (χ3v) is 7.34. The lowest BCUT2D eigenvalue weighted by Gasteiger charge is -2.37. The molecule has 2 aromatic carbocycles. The maximum atomic E-state index is 9.74. The molecule has 0 amide bonds. The Balaban J connectivity index is 1.64. The summed E-state index contributed by atoms with van der Waals surface area (Å²) in [6.45, 7) is 11.2. The molecular weight excluding hydrogens is 484 g/mol. The second kappa shape index (κ2) is 11.7. The average Bonchev–Trinajstić information content (AvgIpc) is 3.35. The Morgan fingerprint density at radius 2 is 1.97 bits per heavy atom. The van der Waals surface area contributed by atoms with Gasteiger partial charge < -0.3 is 14.6 Å². The molecule has 0 saturated heterocycles. The standard InChI is InChI=1S/C29H36N4O3S/c1-19(2)36-26-13-12-20(16-21(26)17-30)27-31-32-28(37-27)24-10-6-9-23-22(24)8-7-11-25(23)33(14-15-34)18-35-29(3,4)5/h6,9-10,12-13,16,19,25,34H,7-8,11,14-15,18H2,1-5H3. The van der Waals surface area contributed by atoms with E-state index in [1.54, 1.807) is 0 Å². The highest BCUT2D eigenvalue weighted by Gasteiger charge is 2.29. The van der Waals surface area contributed by atoms with Crippen molar-refractivity contribution in [2.24, 2.45) is 0 Å². The molecule has 0 fully saturated rings. The van der Waals surface area contributed by atoms with Crippen LogP contribution in [0.25, 0.3) is 21.1 Å². The molecule has 1 atom stereocenters. The lowest BCUT2D eigenvalue weighted by Crippen LogP contribution is -2.38. The van der Waals surface area contributed by atoms with E-state index in [9.17, 15) is 10.4 Å². The lowest BCUT2D eigenvalue weighted by molar-refractivity contribution is -0.0819. The van der Waals surface area contributed by atoms with Gasteiger partial charge in [-0.15, -0.1) is 10.2 Å². The third kappa shape index (κ3) is 6.55. The summed E-state index contributed by atoms with van der Waals surface area (Å²) in [7, 11) is 0. The number of nitriles is 1. The van der Waals surface area contributed by atoms with Crippen LogP contribution < -0.4 is 4.74 Å². The summed E-state index contributed by atoms with van der Waals surface area (Å²) in [5, 5.41) is 30.0. The minimum atomic E-state index is -0.249. The fraction of sp³-hybridized carbons (Fsp3) is 0.483. The summed E-state index contributed by atoms with van der Waals surface area (Å²) in [6, 6.07) is 14.4. The van der Waals surface area contributed by atoms with Crippen molar-refractivity contribution in [1.29, 1.82) is 5.26 Å². The van der Waals surface area contributed by atoms with Gasteiger partial charge in [0.2, 0.25) is 0 Å². The number of hydrogen-bond acceptors (Lipinski definition) is 8. The average molecular weight is 521 g/mol. The van der Waals surface area contributed by atoms with Gasteiger partial charge in [-0.05, 0) is 83.2 Å². The van der Waals surface area contributed by atoms with Crippen LogP contribution in [0.15, 0.2) is 36.4 Å². The number of hydrogen-bond donors (Lipinski definition) is 1. The third-order valence-electron chi connectivity index (χ3n) is 6.33. The molecule has 196 valence electrons. The molecule has 0 radical (unpaired) electrons. The first-order valence-corrected chi connectivity index (χ1v) is 13.7. The number of benzene rings is 2. The van der Waals surface area contributed by atoms with E-state index in [1.807, 2.05) is 32.0 Å². The zero-order chi connectivity index (χ0) is 26.6. The number of aliphatic hydroxyl groups is 1. The van der Waals surface area contributed by atoms with Gasteiger partial charge in [-0.1, -0.05) is 29.5 Å². The van der Waals surface area contributed by atoms with E-state index in [4.69, 9.17) is 9.47 Å². The summed E-state index contributed by atoms with van der Waals surface area (Å²) in [6.07, 6.45) is 3.05. The Bertz CT molecular complexity index is 1260. The van der Waals surface area contributed by atoms with E-state index in [1.165, 1.54) is 22.5 Å². The van der Waals surface area contributed by atoms with Gasteiger partial charge in [-0.25, -0.2) is 0 Å². The monoisotopic (exact) mass is 520 g/mol. The summed E-state index contributed by atoms with van der Waals surface area (Å²) < 4.78 is 11.9. The Morgan fingerprint density at radius 1 is 1.19 bits per heavy atom. The largest absolute Gasteiger partial charge is 0.490 e. The molecule has 3 aromatic rings. The highest BCUT2D eigenvalue weighted by molar-refractivity contribution is 7.17. The van der Waals surface area contributed by atoms with Gasteiger partial charge in [0.1, 0.15) is 28.6 Å². The minimum absolute atomic E-state index is 0.00695. The number of rotatable bonds is 9. The van der Waals surface area contributed by atoms with Crippen molar-refractivity contribution in [3.8, 4) is 33.0 Å². The molecule has 7 nitrogen and oxygen atoms in total. The number of ether oxygens (including phenoxy) is 2. The van der Waals surface area contributed by atoms with Crippen LogP contribution in [0.2, 0.25) is 0 Å². The summed E-state index contributed by atoms with van der Waals surface area (Å²) >= 11 is 1.53. The maximum absolute atomic E-state index is 9.74. The molecule has 1 N–H and O–H groups in total. The van der Waals surface area contributed by atoms with Crippen molar-refractivity contribution in [3.63, 3.8) is 0 Å². The van der Waals surface area contributed by atoms with E-state index in [0.717, 1.165) is 40.4 Å². The molecule has 1 aliphatic rings. The predicted octanol–water partition coefficient (Wildman–Crippen LogP) is 5.98. The van der Waals surface area contributed by atoms with E-state index < -0.39 is 0 Å². The van der Waals surface area contributed by atoms with Crippen LogP contribution >= 0.6 is 11.3 Å². The smallest absolute Gasteiger partial charge is 0.148 e. The van der Waals surface area contributed by atoms with Crippen LogP contribution in [-0.4, -0.2) is 51.8 Å². The first kappa shape index (κ1) is 27.2. The fourth-order valence-corrected chi connectivity index (χ4v) is 5.57. The van der Waals surface area contributed by atoms with Crippen LogP contribution in [-0.2, 0) is 11.2 Å². The van der Waals surface area contributed by atoms with Crippen molar-refractivity contribution in [3.05, 3.63) is 53.1 Å². The summed E-state index contributed by atoms with van der Waals surface area (Å²) in [5.41, 5.74) is 4.76. The molecule has 1 heterocycles. The van der Waals surface area contributed by atoms with Crippen LogP contribution in [0.4, 0.5) is 0 Å². The minimum Gasteiger partial charge on any atom is -0.490 e. The van der Waals surface area contributed by atoms with Crippen LogP contribution in [0.3, 0.4) is 0 Å². The Hall–Kier alpha value is -2.83. The number of nitrogens with zero attached hydrogens (tertiary/aromatic N) is 4. The molecule has 0 aliphatic heterocycles. The van der Waals surface area contributed by atoms with E-state index in [0.29, 0.717) is 24.6 Å². The lowest BCUT2D eigenvalue weighted by atomic mass is 9.84. The van der Waals surface area contributed by atoms with Crippen molar-refractivity contribution < 1.29 is 14.6 Å². The molecule has 37 heavy (non-hydrogen) atoms. The van der Waals surface area contributed by atoms with Gasteiger partial charge in [-0.2, -0.15) is 5.26 Å². The van der Waals surface area contributed by atoms with E-state index in [-0.39, 0.29) is 24.4 Å². The summed E-state index contributed by atoms with van der Waals surface area (Å²) in [4.78, 5) is 2.24. The van der Waals surface area contributed by atoms with Gasteiger partial charge in [0.15, 0.2) is 0 Å². The van der Waals surface area contributed by atoms with Crippen LogP contribution in [0, 0.1) is 11.3 Å². The Kier molecular flexibility index (Phi) is 8.60. The fourth-order valence-electron chi connectivity index (χ4n) is 4.67. The van der Waals surface area contributed by atoms with Gasteiger partial charge >= 0.3 is 0 Å². The molecule has 1 aliphatic carbocycles. The van der Waals surface area contributed by atoms with Crippen molar-refractivity contribution in [2.75, 3.05) is 19.9 Å². The molecular formula is C29H36N4O3S. The van der Waals surface area contributed by atoms with Crippen LogP contribution in [0.1, 0.15) is 70.2 Å². The van der Waals surface area contributed by atoms with Gasteiger partial charge in [-0.3, -0.25) is 4.90 Å². The zero-order valence-corrected chi connectivity index (χ0v) is 23.1. The Morgan fingerprint density at radius 3 is 2.68 bits per heavy atom. The molecule has 8 heteroatoms. The number of aromatic nitrogens is 2. The number of fused-ring (bicyclic) bond motifs is 1. The zero-order valence-electron chi connectivity index (χ0n) is 22.3. The molecule has 1 unspecified atom stereocenters. The predicted molar refractivity (Wildman–Crippen MR) is 146 cm³/mol. The van der Waals surface area contributed by atoms with Crippen molar-refractivity contribution >= 4 is 11.3 Å². The normalized spacial score (nSPS) is 15.6. The summed E-state index contributed by atoms with van der Waals surface area (Å²) in [5.74, 6) is 0.581. The topological polar surface area (TPSA) is 91.5 Å². The van der Waals surface area contributed by atoms with Gasteiger partial charge in [0, 0.05) is 23.7 Å². The quantitative estimate of drug-likeness (QED) is 0.347. The van der Waals surface area contributed by atoms with Gasteiger partial charge in [0.05, 0.1) is 23.9 Å². The maximum Gasteiger partial charge on any atom is 0.148 e. The number of aliphatic hydroxyl groups excluding tert-OH is 1. The molecule has 0 bridgehead atoms. The highest BCUT2D eigenvalue weighted by atomic mass is 32.1. The van der Waals surface area contributed by atoms with Crippen molar-refractivity contribution in [2.45, 2.75) is 71.6 Å².